The summed E-state index contributed by atoms with van der Waals surface area (Å²) in [7, 11) is 0. The first kappa shape index (κ1) is 33.5. The lowest BCUT2D eigenvalue weighted by Crippen LogP contribution is -2.32. The largest absolute Gasteiger partial charge is 0.485 e. The molecule has 0 bridgehead atoms. The van der Waals surface area contributed by atoms with Crippen LogP contribution in [0, 0.1) is 5.92 Å². The molecule has 0 saturated heterocycles. The minimum atomic E-state index is -0.194. The molecular formula is C53H42N2O2. The normalized spacial score (nSPS) is 21.0. The predicted molar refractivity (Wildman–Crippen MR) is 232 cm³/mol. The Morgan fingerprint density at radius 3 is 2.07 bits per heavy atom. The molecule has 0 amide bonds. The maximum absolute atomic E-state index is 7.02. The van der Waals surface area contributed by atoms with Gasteiger partial charge in [0.25, 0.3) is 0 Å². The van der Waals surface area contributed by atoms with Gasteiger partial charge in [0.15, 0.2) is 0 Å². The molecule has 0 radical (unpaired) electrons. The summed E-state index contributed by atoms with van der Waals surface area (Å²) >= 11 is 0. The van der Waals surface area contributed by atoms with Crippen molar-refractivity contribution in [3.63, 3.8) is 0 Å². The summed E-state index contributed by atoms with van der Waals surface area (Å²) in [5.74, 6) is 3.22. The van der Waals surface area contributed by atoms with E-state index in [1.165, 1.54) is 39.1 Å². The second-order valence-electron chi connectivity index (χ2n) is 15.8. The van der Waals surface area contributed by atoms with Gasteiger partial charge in [-0.2, -0.15) is 0 Å². The molecule has 0 spiro atoms. The molecule has 4 heteroatoms. The van der Waals surface area contributed by atoms with Crippen LogP contribution in [0.5, 0.6) is 11.5 Å². The first-order chi connectivity index (χ1) is 28.1. The van der Waals surface area contributed by atoms with E-state index < -0.39 is 0 Å². The maximum Gasteiger partial charge on any atom is 0.133 e. The smallest absolute Gasteiger partial charge is 0.133 e. The van der Waals surface area contributed by atoms with Crippen molar-refractivity contribution in [1.82, 2.24) is 0 Å². The van der Waals surface area contributed by atoms with E-state index in [1.54, 1.807) is 0 Å². The zero-order valence-electron chi connectivity index (χ0n) is 31.9. The summed E-state index contributed by atoms with van der Waals surface area (Å²) < 4.78 is 13.4. The third kappa shape index (κ3) is 5.58. The van der Waals surface area contributed by atoms with Crippen LogP contribution >= 0.6 is 0 Å². The zero-order chi connectivity index (χ0) is 37.9. The number of hydrogen-bond acceptors (Lipinski definition) is 4. The number of fused-ring (bicyclic) bond motifs is 7. The van der Waals surface area contributed by atoms with Crippen LogP contribution in [0.3, 0.4) is 0 Å². The molecule has 6 aromatic rings. The first-order valence-corrected chi connectivity index (χ1v) is 20.1. The summed E-state index contributed by atoms with van der Waals surface area (Å²) in [4.78, 5) is 4.77. The van der Waals surface area contributed by atoms with Gasteiger partial charge in [-0.1, -0.05) is 127 Å². The molecule has 5 aliphatic rings. The molecule has 0 N–H and O–H groups in total. The van der Waals surface area contributed by atoms with Gasteiger partial charge < -0.3 is 19.3 Å². The van der Waals surface area contributed by atoms with Gasteiger partial charge >= 0.3 is 0 Å². The molecule has 2 aliphatic heterocycles. The van der Waals surface area contributed by atoms with Gasteiger partial charge in [-0.3, -0.25) is 0 Å². The Morgan fingerprint density at radius 2 is 1.30 bits per heavy atom. The number of allylic oxidation sites excluding steroid dienone is 6. The molecule has 0 aromatic heterocycles. The quantitative estimate of drug-likeness (QED) is 0.163. The van der Waals surface area contributed by atoms with Crippen molar-refractivity contribution in [2.24, 2.45) is 5.92 Å². The van der Waals surface area contributed by atoms with Crippen LogP contribution in [-0.4, -0.2) is 6.10 Å². The topological polar surface area (TPSA) is 24.9 Å². The van der Waals surface area contributed by atoms with E-state index in [9.17, 15) is 0 Å². The minimum Gasteiger partial charge on any atom is -0.485 e. The van der Waals surface area contributed by atoms with Crippen LogP contribution < -0.4 is 19.3 Å². The molecule has 2 heterocycles. The Balaban J connectivity index is 0.984. The number of ether oxygens (including phenoxy) is 2. The van der Waals surface area contributed by atoms with Gasteiger partial charge in [0, 0.05) is 69.1 Å². The van der Waals surface area contributed by atoms with E-state index in [1.807, 2.05) is 0 Å². The number of nitrogens with zero attached hydrogens (tertiary/aromatic N) is 2. The third-order valence-corrected chi connectivity index (χ3v) is 12.4. The summed E-state index contributed by atoms with van der Waals surface area (Å²) in [5.41, 5.74) is 14.0. The lowest BCUT2D eigenvalue weighted by molar-refractivity contribution is 0.278. The lowest BCUT2D eigenvalue weighted by atomic mass is 9.68. The van der Waals surface area contributed by atoms with Crippen molar-refractivity contribution in [1.29, 1.82) is 0 Å². The average molecular weight is 739 g/mol. The van der Waals surface area contributed by atoms with Crippen LogP contribution in [0.1, 0.15) is 37.3 Å². The molecule has 0 fully saturated rings. The number of hydrogen-bond donors (Lipinski definition) is 0. The lowest BCUT2D eigenvalue weighted by Gasteiger charge is -2.38. The molecule has 3 aliphatic carbocycles. The summed E-state index contributed by atoms with van der Waals surface area (Å²) in [6, 6.07) is 55.9. The maximum atomic E-state index is 7.02. The van der Waals surface area contributed by atoms with Gasteiger partial charge in [0.2, 0.25) is 0 Å². The highest BCUT2D eigenvalue weighted by molar-refractivity contribution is 5.86. The van der Waals surface area contributed by atoms with Gasteiger partial charge in [-0.05, 0) is 85.5 Å². The molecule has 4 nitrogen and oxygen atoms in total. The predicted octanol–water partition coefficient (Wildman–Crippen LogP) is 13.2. The third-order valence-electron chi connectivity index (χ3n) is 12.4. The standard InChI is InChI=1S/C53H42N2O2/c1-53-32-31-37-33-40(25-28-44(37)52(53)57-51-35-42(26-29-47(51)53)54(38-17-7-3-8-18-38)39-19-9-4-10-20-39)55(48-23-13-11-21-43(48)36-15-5-2-6-16-36)41-27-30-50-46(34-41)45-22-12-14-24-49(45)56-50/h2-29,33-35,37,50H,30-32H2,1H3. The Morgan fingerprint density at radius 1 is 0.614 bits per heavy atom. The van der Waals surface area contributed by atoms with Gasteiger partial charge in [0.1, 0.15) is 23.4 Å². The van der Waals surface area contributed by atoms with Crippen LogP contribution in [0.15, 0.2) is 211 Å². The summed E-state index contributed by atoms with van der Waals surface area (Å²) in [6.45, 7) is 2.37. The van der Waals surface area contributed by atoms with Crippen molar-refractivity contribution < 1.29 is 9.47 Å². The van der Waals surface area contributed by atoms with Crippen molar-refractivity contribution >= 4 is 28.3 Å². The van der Waals surface area contributed by atoms with E-state index >= 15 is 0 Å². The fourth-order valence-corrected chi connectivity index (χ4v) is 9.59. The van der Waals surface area contributed by atoms with E-state index in [2.05, 4.69) is 205 Å². The molecule has 276 valence electrons. The number of rotatable bonds is 7. The summed E-state index contributed by atoms with van der Waals surface area (Å²) in [6.07, 6.45) is 14.7. The van der Waals surface area contributed by atoms with Crippen LogP contribution in [0.25, 0.3) is 16.7 Å². The SMILES string of the molecule is CC12CCC3C=C(N(C4=CCC5Oc6ccccc6C5=C4)c4ccccc4-c4ccccc4)C=CC3=C1Oc1cc(N(c3ccccc3)c3ccccc3)ccc12. The fraction of sp³-hybridized carbons (Fsp3) is 0.132. The monoisotopic (exact) mass is 738 g/mol. The van der Waals surface area contributed by atoms with Crippen molar-refractivity contribution in [2.75, 3.05) is 9.80 Å². The number of anilines is 4. The van der Waals surface area contributed by atoms with Crippen molar-refractivity contribution in [3.05, 3.63) is 222 Å². The van der Waals surface area contributed by atoms with E-state index in [0.717, 1.165) is 65.0 Å². The molecule has 3 unspecified atom stereocenters. The highest BCUT2D eigenvalue weighted by Gasteiger charge is 2.47. The van der Waals surface area contributed by atoms with Gasteiger partial charge in [-0.15, -0.1) is 0 Å². The highest BCUT2D eigenvalue weighted by Crippen LogP contribution is 2.56. The Hall–Kier alpha value is -6.78. The fourth-order valence-electron chi connectivity index (χ4n) is 9.59. The van der Waals surface area contributed by atoms with Crippen LogP contribution in [0.4, 0.5) is 22.7 Å². The average Bonchev–Trinajstić information content (AvgIpc) is 3.79. The minimum absolute atomic E-state index is 0.0368. The molecule has 3 atom stereocenters. The number of benzene rings is 6. The second-order valence-corrected chi connectivity index (χ2v) is 15.8. The first-order valence-electron chi connectivity index (χ1n) is 20.1. The molecule has 11 rings (SSSR count). The van der Waals surface area contributed by atoms with E-state index in [-0.39, 0.29) is 17.4 Å². The highest BCUT2D eigenvalue weighted by atomic mass is 16.5. The Bertz CT molecular complexity index is 2650. The van der Waals surface area contributed by atoms with Crippen LogP contribution in [0.2, 0.25) is 0 Å². The van der Waals surface area contributed by atoms with Gasteiger partial charge in [0.05, 0.1) is 11.1 Å². The van der Waals surface area contributed by atoms with Crippen molar-refractivity contribution in [2.45, 2.75) is 37.7 Å². The molecule has 0 saturated carbocycles. The van der Waals surface area contributed by atoms with E-state index in [0.29, 0.717) is 0 Å². The van der Waals surface area contributed by atoms with Crippen molar-refractivity contribution in [3.8, 4) is 22.6 Å². The van der Waals surface area contributed by atoms with Gasteiger partial charge in [-0.25, -0.2) is 0 Å². The van der Waals surface area contributed by atoms with Crippen LogP contribution in [-0.2, 0) is 5.41 Å². The Kier molecular flexibility index (Phi) is 7.92. The molecule has 6 aromatic carbocycles. The summed E-state index contributed by atoms with van der Waals surface area (Å²) in [5, 5.41) is 0. The Labute approximate surface area is 334 Å². The molecular weight excluding hydrogens is 697 g/mol. The zero-order valence-corrected chi connectivity index (χ0v) is 31.9. The second kappa shape index (κ2) is 13.5. The number of para-hydroxylation sites is 4. The molecule has 57 heavy (non-hydrogen) atoms. The van der Waals surface area contributed by atoms with E-state index in [4.69, 9.17) is 9.47 Å².